The lowest BCUT2D eigenvalue weighted by atomic mass is 10.1. The van der Waals surface area contributed by atoms with Crippen molar-refractivity contribution in [3.05, 3.63) is 34.6 Å². The van der Waals surface area contributed by atoms with Crippen LogP contribution in [0.15, 0.2) is 12.1 Å². The Morgan fingerprint density at radius 3 is 2.35 bits per heavy atom. The fourth-order valence-corrected chi connectivity index (χ4v) is 1.92. The fourth-order valence-electron chi connectivity index (χ4n) is 1.92. The topological polar surface area (TPSA) is 21.3 Å². The molecule has 0 saturated carbocycles. The molecule has 1 aromatic rings. The minimum Gasteiger partial charge on any atom is -0.383 e. The average Bonchev–Trinajstić information content (AvgIpc) is 2.31. The molecule has 17 heavy (non-hydrogen) atoms. The van der Waals surface area contributed by atoms with Gasteiger partial charge in [-0.25, -0.2) is 4.39 Å². The molecule has 1 unspecified atom stereocenters. The molecule has 1 rings (SSSR count). The summed E-state index contributed by atoms with van der Waals surface area (Å²) < 4.78 is 18.6. The second kappa shape index (κ2) is 6.72. The molecule has 3 heteroatoms. The average molecular weight is 239 g/mol. The molecule has 2 nitrogen and oxygen atoms in total. The van der Waals surface area contributed by atoms with Crippen molar-refractivity contribution in [2.45, 2.75) is 39.8 Å². The maximum atomic E-state index is 13.5. The number of rotatable bonds is 6. The standard InChI is InChI=1S/C14H22FNO/c1-5-13(9-17-4)16-8-12-6-10(2)14(15)11(3)7-12/h6-7,13,16H,5,8-9H2,1-4H3. The summed E-state index contributed by atoms with van der Waals surface area (Å²) in [6, 6.07) is 4.15. The van der Waals surface area contributed by atoms with Gasteiger partial charge in [-0.2, -0.15) is 0 Å². The minimum absolute atomic E-state index is 0.0994. The Bertz CT molecular complexity index is 342. The zero-order chi connectivity index (χ0) is 12.8. The lowest BCUT2D eigenvalue weighted by molar-refractivity contribution is 0.164. The van der Waals surface area contributed by atoms with Crippen LogP contribution in [-0.2, 0) is 11.3 Å². The van der Waals surface area contributed by atoms with E-state index >= 15 is 0 Å². The van der Waals surface area contributed by atoms with Crippen LogP contribution in [0.4, 0.5) is 4.39 Å². The molecule has 0 saturated heterocycles. The summed E-state index contributed by atoms with van der Waals surface area (Å²) in [7, 11) is 1.70. The van der Waals surface area contributed by atoms with E-state index in [9.17, 15) is 4.39 Å². The van der Waals surface area contributed by atoms with E-state index in [-0.39, 0.29) is 5.82 Å². The summed E-state index contributed by atoms with van der Waals surface area (Å²) in [6.45, 7) is 7.19. The zero-order valence-electron chi connectivity index (χ0n) is 11.1. The summed E-state index contributed by atoms with van der Waals surface area (Å²) in [5.41, 5.74) is 2.54. The predicted octanol–water partition coefficient (Wildman–Crippen LogP) is 2.96. The van der Waals surface area contributed by atoms with Crippen LogP contribution >= 0.6 is 0 Å². The lowest BCUT2D eigenvalue weighted by Gasteiger charge is -2.16. The van der Waals surface area contributed by atoms with Crippen molar-refractivity contribution in [3.8, 4) is 0 Å². The van der Waals surface area contributed by atoms with Gasteiger partial charge in [-0.15, -0.1) is 0 Å². The quantitative estimate of drug-likeness (QED) is 0.824. The summed E-state index contributed by atoms with van der Waals surface area (Å²) in [4.78, 5) is 0. The molecule has 0 aliphatic carbocycles. The number of benzene rings is 1. The van der Waals surface area contributed by atoms with Crippen LogP contribution in [0.25, 0.3) is 0 Å². The monoisotopic (exact) mass is 239 g/mol. The number of hydrogen-bond acceptors (Lipinski definition) is 2. The number of halogens is 1. The molecule has 0 aromatic heterocycles. The van der Waals surface area contributed by atoms with Gasteiger partial charge in [-0.1, -0.05) is 19.1 Å². The van der Waals surface area contributed by atoms with Crippen molar-refractivity contribution in [1.29, 1.82) is 0 Å². The molecular formula is C14H22FNO. The Kier molecular flexibility index (Phi) is 5.59. The van der Waals surface area contributed by atoms with Gasteiger partial charge in [0.15, 0.2) is 0 Å². The van der Waals surface area contributed by atoms with E-state index in [4.69, 9.17) is 4.74 Å². The molecule has 0 bridgehead atoms. The summed E-state index contributed by atoms with van der Waals surface area (Å²) >= 11 is 0. The van der Waals surface area contributed by atoms with Gasteiger partial charge in [0, 0.05) is 19.7 Å². The first-order chi connectivity index (χ1) is 8.08. The van der Waals surface area contributed by atoms with Crippen molar-refractivity contribution < 1.29 is 9.13 Å². The van der Waals surface area contributed by atoms with Crippen LogP contribution in [0.1, 0.15) is 30.0 Å². The van der Waals surface area contributed by atoms with Crippen molar-refractivity contribution in [2.75, 3.05) is 13.7 Å². The third-order valence-corrected chi connectivity index (χ3v) is 2.95. The van der Waals surface area contributed by atoms with E-state index < -0.39 is 0 Å². The minimum atomic E-state index is -0.0994. The van der Waals surface area contributed by atoms with Crippen LogP contribution in [0, 0.1) is 19.7 Å². The first-order valence-electron chi connectivity index (χ1n) is 6.06. The summed E-state index contributed by atoms with van der Waals surface area (Å²) in [5.74, 6) is -0.0994. The van der Waals surface area contributed by atoms with E-state index in [1.54, 1.807) is 21.0 Å². The SMILES string of the molecule is CCC(COC)NCc1cc(C)c(F)c(C)c1. The van der Waals surface area contributed by atoms with Crippen LogP contribution in [0.3, 0.4) is 0 Å². The highest BCUT2D eigenvalue weighted by Crippen LogP contribution is 2.14. The van der Waals surface area contributed by atoms with Gasteiger partial charge in [0.2, 0.25) is 0 Å². The van der Waals surface area contributed by atoms with Gasteiger partial charge >= 0.3 is 0 Å². The molecule has 0 spiro atoms. The predicted molar refractivity (Wildman–Crippen MR) is 68.7 cm³/mol. The Balaban J connectivity index is 2.63. The lowest BCUT2D eigenvalue weighted by Crippen LogP contribution is -2.32. The second-order valence-electron chi connectivity index (χ2n) is 4.49. The maximum absolute atomic E-state index is 13.5. The zero-order valence-corrected chi connectivity index (χ0v) is 11.1. The van der Waals surface area contributed by atoms with Crippen molar-refractivity contribution >= 4 is 0 Å². The first kappa shape index (κ1) is 14.1. The van der Waals surface area contributed by atoms with Crippen LogP contribution in [0.5, 0.6) is 0 Å². The van der Waals surface area contributed by atoms with Crippen molar-refractivity contribution in [1.82, 2.24) is 5.32 Å². The third kappa shape index (κ3) is 4.10. The molecular weight excluding hydrogens is 217 g/mol. The highest BCUT2D eigenvalue weighted by atomic mass is 19.1. The normalized spacial score (nSPS) is 12.8. The number of hydrogen-bond donors (Lipinski definition) is 1. The number of methoxy groups -OCH3 is 1. The van der Waals surface area contributed by atoms with Crippen LogP contribution in [-0.4, -0.2) is 19.8 Å². The molecule has 1 N–H and O–H groups in total. The largest absolute Gasteiger partial charge is 0.383 e. The maximum Gasteiger partial charge on any atom is 0.129 e. The molecule has 0 aliphatic rings. The molecule has 96 valence electrons. The fraction of sp³-hybridized carbons (Fsp3) is 0.571. The van der Waals surface area contributed by atoms with E-state index in [1.807, 2.05) is 12.1 Å². The van der Waals surface area contributed by atoms with E-state index in [0.717, 1.165) is 18.5 Å². The van der Waals surface area contributed by atoms with E-state index in [1.165, 1.54) is 0 Å². The van der Waals surface area contributed by atoms with Crippen LogP contribution in [0.2, 0.25) is 0 Å². The van der Waals surface area contributed by atoms with Gasteiger partial charge in [0.05, 0.1) is 6.61 Å². The number of aryl methyl sites for hydroxylation is 2. The van der Waals surface area contributed by atoms with Crippen molar-refractivity contribution in [3.63, 3.8) is 0 Å². The van der Waals surface area contributed by atoms with E-state index in [2.05, 4.69) is 12.2 Å². The van der Waals surface area contributed by atoms with Gasteiger partial charge in [-0.05, 0) is 37.0 Å². The number of ether oxygens (including phenoxy) is 1. The second-order valence-corrected chi connectivity index (χ2v) is 4.49. The van der Waals surface area contributed by atoms with Gasteiger partial charge in [0.25, 0.3) is 0 Å². The molecule has 1 atom stereocenters. The molecule has 0 amide bonds. The third-order valence-electron chi connectivity index (χ3n) is 2.95. The molecule has 0 radical (unpaired) electrons. The van der Waals surface area contributed by atoms with Gasteiger partial charge < -0.3 is 10.1 Å². The Morgan fingerprint density at radius 1 is 1.29 bits per heavy atom. The summed E-state index contributed by atoms with van der Waals surface area (Å²) in [5, 5.41) is 3.41. The van der Waals surface area contributed by atoms with E-state index in [0.29, 0.717) is 23.8 Å². The molecule has 0 fully saturated rings. The van der Waals surface area contributed by atoms with Gasteiger partial charge in [0.1, 0.15) is 5.82 Å². The van der Waals surface area contributed by atoms with Crippen molar-refractivity contribution in [2.24, 2.45) is 0 Å². The Morgan fingerprint density at radius 2 is 1.88 bits per heavy atom. The highest BCUT2D eigenvalue weighted by Gasteiger charge is 2.07. The van der Waals surface area contributed by atoms with Gasteiger partial charge in [-0.3, -0.25) is 0 Å². The molecule has 0 heterocycles. The van der Waals surface area contributed by atoms with Crippen LogP contribution < -0.4 is 5.32 Å². The Labute approximate surface area is 103 Å². The smallest absolute Gasteiger partial charge is 0.129 e. The highest BCUT2D eigenvalue weighted by molar-refractivity contribution is 5.30. The number of nitrogens with one attached hydrogen (secondary N) is 1. The molecule has 0 aliphatic heterocycles. The molecule has 1 aromatic carbocycles. The first-order valence-corrected chi connectivity index (χ1v) is 6.06. The summed E-state index contributed by atoms with van der Waals surface area (Å²) in [6.07, 6.45) is 1.02. The Hall–Kier alpha value is -0.930.